The molecule has 0 unspecified atom stereocenters. The van der Waals surface area contributed by atoms with Gasteiger partial charge in [-0.1, -0.05) is 0 Å². The Labute approximate surface area is 33.1 Å². The van der Waals surface area contributed by atoms with Crippen LogP contribution in [0.5, 0.6) is 0 Å². The quantitative estimate of drug-likeness (QED) is 0.424. The third-order valence-corrected chi connectivity index (χ3v) is 0.390. The van der Waals surface area contributed by atoms with Gasteiger partial charge in [0.2, 0.25) is 0 Å². The molecule has 1 aromatic rings. The second kappa shape index (κ2) is 1.01. The lowest BCUT2D eigenvalue weighted by molar-refractivity contribution is 0.0488. The van der Waals surface area contributed by atoms with E-state index in [2.05, 4.69) is 9.15 Å². The van der Waals surface area contributed by atoms with Crippen molar-refractivity contribution in [1.82, 2.24) is 0 Å². The predicted octanol–water partition coefficient (Wildman–Crippen LogP) is 0.233. The van der Waals surface area contributed by atoms with E-state index in [0.29, 0.717) is 0 Å². The highest BCUT2D eigenvalue weighted by molar-refractivity contribution is 4.67. The number of hydrogen-bond acceptors (Lipinski definition) is 3. The van der Waals surface area contributed by atoms with E-state index < -0.39 is 5.63 Å². The van der Waals surface area contributed by atoms with Crippen LogP contribution < -0.4 is 5.63 Å². The molecule has 0 saturated heterocycles. The topological polar surface area (TPSA) is 43.4 Å². The summed E-state index contributed by atoms with van der Waals surface area (Å²) in [7, 11) is 0. The maximum Gasteiger partial charge on any atom is 0.382 e. The number of hydrogen-bond donors (Lipinski definition) is 0. The van der Waals surface area contributed by atoms with Crippen molar-refractivity contribution in [2.75, 3.05) is 0 Å². The van der Waals surface area contributed by atoms with Gasteiger partial charge in [0.25, 0.3) is 0 Å². The molecule has 32 valence electrons. The Morgan fingerprint density at radius 2 is 2.50 bits per heavy atom. The zero-order valence-electron chi connectivity index (χ0n) is 2.88. The maximum atomic E-state index is 9.81. The van der Waals surface area contributed by atoms with Gasteiger partial charge in [0, 0.05) is 0 Å². The Kier molecular flexibility index (Phi) is 0.538. The third kappa shape index (κ3) is 0.337. The molecule has 0 saturated carbocycles. The van der Waals surface area contributed by atoms with Crippen LogP contribution in [0.3, 0.4) is 0 Å². The van der Waals surface area contributed by atoms with Gasteiger partial charge in [-0.3, -0.25) is 4.58 Å². The van der Waals surface area contributed by atoms with Crippen molar-refractivity contribution in [3.8, 4) is 0 Å². The number of rotatable bonds is 0. The molecule has 0 aliphatic heterocycles. The van der Waals surface area contributed by atoms with Gasteiger partial charge in [0.15, 0.2) is 0 Å². The molecule has 0 atom stereocenters. The third-order valence-electron chi connectivity index (χ3n) is 0.390. The first-order valence-corrected chi connectivity index (χ1v) is 1.43. The zero-order valence-corrected chi connectivity index (χ0v) is 2.88. The van der Waals surface area contributed by atoms with Crippen molar-refractivity contribution in [3.63, 3.8) is 0 Å². The molecule has 0 bridgehead atoms. The van der Waals surface area contributed by atoms with Crippen molar-refractivity contribution < 1.29 is 9.15 Å². The summed E-state index contributed by atoms with van der Waals surface area (Å²) in [5, 5.41) is 0. The average molecular weight is 86.0 g/mol. The van der Waals surface area contributed by atoms with Gasteiger partial charge >= 0.3 is 5.63 Å². The zero-order chi connectivity index (χ0) is 4.41. The molecule has 1 rings (SSSR count). The molecular formula is C3H2O3. The maximum absolute atomic E-state index is 9.81. The summed E-state index contributed by atoms with van der Waals surface area (Å²) >= 11 is 0. The molecule has 0 aliphatic rings. The van der Waals surface area contributed by atoms with Gasteiger partial charge in [0.05, 0.1) is 6.07 Å². The molecule has 0 radical (unpaired) electrons. The summed E-state index contributed by atoms with van der Waals surface area (Å²) in [6.45, 7) is 0. The molecule has 0 fully saturated rings. The monoisotopic (exact) mass is 86.0 g/mol. The smallest absolute Gasteiger partial charge is 0.294 e. The van der Waals surface area contributed by atoms with Crippen LogP contribution >= 0.6 is 0 Å². The van der Waals surface area contributed by atoms with E-state index in [1.165, 1.54) is 12.3 Å². The lowest BCUT2D eigenvalue weighted by Crippen LogP contribution is -1.83. The van der Waals surface area contributed by atoms with Crippen LogP contribution in [-0.2, 0) is 0 Å². The van der Waals surface area contributed by atoms with Gasteiger partial charge in [-0.15, -0.1) is 0 Å². The predicted molar refractivity (Wildman–Crippen MR) is 17.2 cm³/mol. The summed E-state index contributed by atoms with van der Waals surface area (Å²) < 4.78 is 7.93. The minimum atomic E-state index is -0.449. The summed E-state index contributed by atoms with van der Waals surface area (Å²) in [5.41, 5.74) is -0.449. The van der Waals surface area contributed by atoms with Crippen LogP contribution in [0.15, 0.2) is 26.3 Å². The summed E-state index contributed by atoms with van der Waals surface area (Å²) in [4.78, 5) is 9.81. The van der Waals surface area contributed by atoms with Gasteiger partial charge in [-0.25, -0.2) is 9.37 Å². The largest absolute Gasteiger partial charge is 0.382 e. The Morgan fingerprint density at radius 1 is 1.67 bits per heavy atom. The Bertz CT molecular complexity index is 144. The van der Waals surface area contributed by atoms with Gasteiger partial charge in [-0.05, 0) is 0 Å². The molecule has 0 amide bonds. The SMILES string of the molecule is O=c1ccoo1. The standard InChI is InChI=1S/C3H2O3/c4-3-1-2-5-6-3/h1-2H. The molecule has 6 heavy (non-hydrogen) atoms. The van der Waals surface area contributed by atoms with E-state index in [1.54, 1.807) is 0 Å². The highest BCUT2D eigenvalue weighted by atomic mass is 17.0. The second-order valence-electron chi connectivity index (χ2n) is 0.801. The van der Waals surface area contributed by atoms with E-state index in [0.717, 1.165) is 0 Å². The lowest BCUT2D eigenvalue weighted by Gasteiger charge is -1.51. The van der Waals surface area contributed by atoms with Crippen molar-refractivity contribution in [3.05, 3.63) is 22.7 Å². The van der Waals surface area contributed by atoms with Crippen LogP contribution in [-0.4, -0.2) is 0 Å². The van der Waals surface area contributed by atoms with Crippen LogP contribution in [0.1, 0.15) is 0 Å². The van der Waals surface area contributed by atoms with E-state index in [9.17, 15) is 4.79 Å². The molecule has 0 spiro atoms. The lowest BCUT2D eigenvalue weighted by atomic mass is 10.8. The molecule has 0 N–H and O–H groups in total. The Morgan fingerprint density at radius 3 is 2.67 bits per heavy atom. The molecule has 0 aromatic carbocycles. The molecule has 1 aromatic heterocycles. The molecular weight excluding hydrogens is 84.0 g/mol. The van der Waals surface area contributed by atoms with Crippen LogP contribution in [0.4, 0.5) is 0 Å². The van der Waals surface area contributed by atoms with Crippen molar-refractivity contribution in [2.45, 2.75) is 0 Å². The van der Waals surface area contributed by atoms with E-state index >= 15 is 0 Å². The average Bonchev–Trinajstić information content (AvgIpc) is 1.86. The highest BCUT2D eigenvalue weighted by Crippen LogP contribution is 1.70. The molecule has 1 heterocycles. The van der Waals surface area contributed by atoms with Gasteiger partial charge in [-0.2, -0.15) is 0 Å². The second-order valence-corrected chi connectivity index (χ2v) is 0.801. The molecule has 3 nitrogen and oxygen atoms in total. The van der Waals surface area contributed by atoms with Crippen molar-refractivity contribution in [1.29, 1.82) is 0 Å². The first-order chi connectivity index (χ1) is 2.89. The first kappa shape index (κ1) is 3.21. The normalized spacial score (nSPS) is 8.67. The van der Waals surface area contributed by atoms with Crippen molar-refractivity contribution in [2.24, 2.45) is 0 Å². The van der Waals surface area contributed by atoms with Crippen molar-refractivity contribution >= 4 is 0 Å². The summed E-state index contributed by atoms with van der Waals surface area (Å²) in [6, 6.07) is 1.19. The minimum Gasteiger partial charge on any atom is -0.294 e. The van der Waals surface area contributed by atoms with E-state index in [4.69, 9.17) is 0 Å². The highest BCUT2D eigenvalue weighted by Gasteiger charge is 1.77. The molecule has 0 aliphatic carbocycles. The Balaban J connectivity index is 3.41. The summed E-state index contributed by atoms with van der Waals surface area (Å²) in [6.07, 6.45) is 1.18. The van der Waals surface area contributed by atoms with Gasteiger partial charge < -0.3 is 0 Å². The van der Waals surface area contributed by atoms with Crippen LogP contribution in [0, 0.1) is 0 Å². The van der Waals surface area contributed by atoms with E-state index in [-0.39, 0.29) is 0 Å². The van der Waals surface area contributed by atoms with Crippen LogP contribution in [0.2, 0.25) is 0 Å². The fourth-order valence-corrected chi connectivity index (χ4v) is 0.186. The fourth-order valence-electron chi connectivity index (χ4n) is 0.186. The molecule has 3 heteroatoms. The van der Waals surface area contributed by atoms with E-state index in [1.807, 2.05) is 0 Å². The summed E-state index contributed by atoms with van der Waals surface area (Å²) in [5.74, 6) is 0. The first-order valence-electron chi connectivity index (χ1n) is 1.43. The minimum absolute atomic E-state index is 0.449. The van der Waals surface area contributed by atoms with Crippen LogP contribution in [0.25, 0.3) is 0 Å². The fraction of sp³-hybridized carbons (Fsp3) is 0. The Hall–Kier alpha value is -0.990. The van der Waals surface area contributed by atoms with Gasteiger partial charge in [0.1, 0.15) is 6.26 Å².